The number of hydrogen-bond donors (Lipinski definition) is 2. The zero-order valence-electron chi connectivity index (χ0n) is 16.7. The van der Waals surface area contributed by atoms with Gasteiger partial charge < -0.3 is 24.1 Å². The topological polar surface area (TPSA) is 65.1 Å². The number of carbonyl (C=O) groups excluding carboxylic acids is 1. The van der Waals surface area contributed by atoms with Crippen LogP contribution in [-0.4, -0.2) is 33.7 Å². The smallest absolute Gasteiger partial charge is 0.275 e. The summed E-state index contributed by atoms with van der Waals surface area (Å²) >= 11 is 0. The third-order valence-corrected chi connectivity index (χ3v) is 4.67. The second-order valence-corrected chi connectivity index (χ2v) is 6.98. The van der Waals surface area contributed by atoms with Crippen molar-refractivity contribution in [3.8, 4) is 11.5 Å². The number of rotatable bonds is 8. The summed E-state index contributed by atoms with van der Waals surface area (Å²) in [6, 6.07) is 15.4. The van der Waals surface area contributed by atoms with Crippen LogP contribution in [0, 0.1) is 0 Å². The van der Waals surface area contributed by atoms with Gasteiger partial charge in [-0.15, -0.1) is 0 Å². The largest absolute Gasteiger partial charge is 0.493 e. The summed E-state index contributed by atoms with van der Waals surface area (Å²) in [6.07, 6.45) is 0. The van der Waals surface area contributed by atoms with Gasteiger partial charge in [-0.1, -0.05) is 18.2 Å². The van der Waals surface area contributed by atoms with E-state index in [1.165, 1.54) is 0 Å². The van der Waals surface area contributed by atoms with Crippen LogP contribution in [0.5, 0.6) is 11.5 Å². The van der Waals surface area contributed by atoms with E-state index in [0.29, 0.717) is 24.6 Å². The van der Waals surface area contributed by atoms with Crippen LogP contribution in [0.2, 0.25) is 0 Å². The molecule has 2 aromatic carbocycles. The lowest BCUT2D eigenvalue weighted by atomic mass is 10.2. The van der Waals surface area contributed by atoms with Crippen molar-refractivity contribution in [2.45, 2.75) is 19.5 Å². The molecule has 28 heavy (non-hydrogen) atoms. The molecule has 3 aromatic rings. The average molecular weight is 383 g/mol. The predicted molar refractivity (Wildman–Crippen MR) is 108 cm³/mol. The number of likely N-dealkylation sites (N-methyl/N-ethyl adjacent to an activating group) is 1. The second-order valence-electron chi connectivity index (χ2n) is 6.98. The third kappa shape index (κ3) is 4.64. The minimum atomic E-state index is -0.186. The highest BCUT2D eigenvalue weighted by Crippen LogP contribution is 2.27. The van der Waals surface area contributed by atoms with Crippen LogP contribution in [0.3, 0.4) is 0 Å². The molecule has 0 saturated carbocycles. The predicted octanol–water partition coefficient (Wildman–Crippen LogP) is 2.34. The highest BCUT2D eigenvalue weighted by atomic mass is 16.5. The van der Waals surface area contributed by atoms with Crippen molar-refractivity contribution in [1.29, 1.82) is 0 Å². The highest BCUT2D eigenvalue weighted by Gasteiger charge is 2.17. The number of fused-ring (bicyclic) bond motifs is 1. The van der Waals surface area contributed by atoms with E-state index in [0.717, 1.165) is 27.2 Å². The van der Waals surface area contributed by atoms with E-state index in [1.54, 1.807) is 14.2 Å². The van der Waals surface area contributed by atoms with Gasteiger partial charge in [0.1, 0.15) is 17.9 Å². The number of methoxy groups -OCH3 is 2. The van der Waals surface area contributed by atoms with E-state index in [9.17, 15) is 4.79 Å². The summed E-state index contributed by atoms with van der Waals surface area (Å²) in [4.78, 5) is 13.5. The molecular formula is C22H27N2O4+. The molecule has 0 radical (unpaired) electrons. The summed E-state index contributed by atoms with van der Waals surface area (Å²) in [5.41, 5.74) is 1.91. The van der Waals surface area contributed by atoms with Gasteiger partial charge >= 0.3 is 0 Å². The van der Waals surface area contributed by atoms with Crippen molar-refractivity contribution in [2.75, 3.05) is 27.8 Å². The highest BCUT2D eigenvalue weighted by molar-refractivity contribution is 5.79. The van der Waals surface area contributed by atoms with E-state index in [1.807, 2.05) is 62.5 Å². The molecule has 3 rings (SSSR count). The summed E-state index contributed by atoms with van der Waals surface area (Å²) in [5, 5.41) is 4.05. The number of ether oxygens (including phenoxy) is 2. The van der Waals surface area contributed by atoms with Crippen molar-refractivity contribution in [3.63, 3.8) is 0 Å². The summed E-state index contributed by atoms with van der Waals surface area (Å²) in [5.74, 6) is 2.12. The lowest BCUT2D eigenvalue weighted by Gasteiger charge is -2.17. The summed E-state index contributed by atoms with van der Waals surface area (Å²) < 4.78 is 16.4. The van der Waals surface area contributed by atoms with Gasteiger partial charge in [-0.05, 0) is 37.3 Å². The summed E-state index contributed by atoms with van der Waals surface area (Å²) in [6.45, 7) is 2.99. The molecule has 0 aliphatic carbocycles. The Bertz CT molecular complexity index is 918. The zero-order valence-corrected chi connectivity index (χ0v) is 16.7. The van der Waals surface area contributed by atoms with E-state index in [4.69, 9.17) is 13.9 Å². The Kier molecular flexibility index (Phi) is 6.21. The van der Waals surface area contributed by atoms with E-state index in [-0.39, 0.29) is 11.9 Å². The monoisotopic (exact) mass is 383 g/mol. The van der Waals surface area contributed by atoms with Gasteiger partial charge in [-0.3, -0.25) is 4.79 Å². The Labute approximate surface area is 165 Å². The van der Waals surface area contributed by atoms with Gasteiger partial charge in [-0.25, -0.2) is 0 Å². The molecule has 1 amide bonds. The molecule has 0 bridgehead atoms. The molecule has 0 aliphatic rings. The van der Waals surface area contributed by atoms with Crippen LogP contribution in [0.25, 0.3) is 11.0 Å². The van der Waals surface area contributed by atoms with Crippen molar-refractivity contribution in [1.82, 2.24) is 5.32 Å². The number of amides is 1. The standard InChI is InChI=1S/C22H26N2O4/c1-15(20-12-17-7-5-6-8-18(17)28-20)23-22(25)14-24(2)13-16-9-10-19(26-3)21(11-16)27-4/h5-12,15H,13-14H2,1-4H3,(H,23,25)/p+1/t15-/m0/s1. The Morgan fingerprint density at radius 3 is 2.57 bits per heavy atom. The van der Waals surface area contributed by atoms with E-state index in [2.05, 4.69) is 5.32 Å². The Morgan fingerprint density at radius 2 is 1.86 bits per heavy atom. The maximum absolute atomic E-state index is 12.4. The Balaban J connectivity index is 1.56. The normalized spacial score (nSPS) is 13.1. The maximum atomic E-state index is 12.4. The molecule has 6 nitrogen and oxygen atoms in total. The second kappa shape index (κ2) is 8.80. The van der Waals surface area contributed by atoms with Crippen molar-refractivity contribution in [2.24, 2.45) is 0 Å². The van der Waals surface area contributed by atoms with Crippen LogP contribution < -0.4 is 19.7 Å². The first-order valence-corrected chi connectivity index (χ1v) is 9.30. The first kappa shape index (κ1) is 19.8. The Hall–Kier alpha value is -2.99. The van der Waals surface area contributed by atoms with Gasteiger partial charge in [0.2, 0.25) is 0 Å². The molecule has 1 unspecified atom stereocenters. The quantitative estimate of drug-likeness (QED) is 0.627. The van der Waals surface area contributed by atoms with Crippen LogP contribution in [-0.2, 0) is 11.3 Å². The fraction of sp³-hybridized carbons (Fsp3) is 0.318. The SMILES string of the molecule is COc1ccc(C[NH+](C)CC(=O)N[C@@H](C)c2cc3ccccc3o2)cc1OC. The van der Waals surface area contributed by atoms with Gasteiger partial charge in [0, 0.05) is 10.9 Å². The number of benzene rings is 2. The average Bonchev–Trinajstić information content (AvgIpc) is 3.12. The Morgan fingerprint density at radius 1 is 1.11 bits per heavy atom. The number of hydrogen-bond acceptors (Lipinski definition) is 4. The van der Waals surface area contributed by atoms with E-state index < -0.39 is 0 Å². The molecule has 1 aromatic heterocycles. The number of furan rings is 1. The number of carbonyl (C=O) groups is 1. The lowest BCUT2D eigenvalue weighted by Crippen LogP contribution is -3.08. The summed E-state index contributed by atoms with van der Waals surface area (Å²) in [7, 11) is 5.22. The minimum absolute atomic E-state index is 0.0223. The van der Waals surface area contributed by atoms with Gasteiger partial charge in [0.05, 0.1) is 27.3 Å². The molecule has 0 saturated heterocycles. The fourth-order valence-electron chi connectivity index (χ4n) is 3.26. The maximum Gasteiger partial charge on any atom is 0.275 e. The number of quaternary nitrogens is 1. The van der Waals surface area contributed by atoms with Crippen LogP contribution >= 0.6 is 0 Å². The fourth-order valence-corrected chi connectivity index (χ4v) is 3.26. The van der Waals surface area contributed by atoms with Gasteiger partial charge in [0.15, 0.2) is 18.0 Å². The van der Waals surface area contributed by atoms with Crippen LogP contribution in [0.1, 0.15) is 24.3 Å². The number of para-hydroxylation sites is 1. The van der Waals surface area contributed by atoms with Crippen LogP contribution in [0.15, 0.2) is 52.9 Å². The zero-order chi connectivity index (χ0) is 20.1. The van der Waals surface area contributed by atoms with Crippen molar-refractivity contribution in [3.05, 3.63) is 59.9 Å². The molecule has 1 heterocycles. The molecule has 0 fully saturated rings. The number of nitrogens with one attached hydrogen (secondary N) is 2. The van der Waals surface area contributed by atoms with Gasteiger partial charge in [-0.2, -0.15) is 0 Å². The first-order chi connectivity index (χ1) is 13.5. The van der Waals surface area contributed by atoms with Crippen molar-refractivity contribution >= 4 is 16.9 Å². The molecule has 0 spiro atoms. The minimum Gasteiger partial charge on any atom is -0.493 e. The molecular weight excluding hydrogens is 356 g/mol. The van der Waals surface area contributed by atoms with Crippen molar-refractivity contribution < 1.29 is 23.6 Å². The molecule has 2 N–H and O–H groups in total. The molecule has 0 aliphatic heterocycles. The van der Waals surface area contributed by atoms with Crippen LogP contribution in [0.4, 0.5) is 0 Å². The third-order valence-electron chi connectivity index (χ3n) is 4.67. The molecule has 6 heteroatoms. The lowest BCUT2D eigenvalue weighted by molar-refractivity contribution is -0.885. The molecule has 148 valence electrons. The molecule has 2 atom stereocenters. The first-order valence-electron chi connectivity index (χ1n) is 9.30. The van der Waals surface area contributed by atoms with Gasteiger partial charge in [0.25, 0.3) is 5.91 Å². The van der Waals surface area contributed by atoms with E-state index >= 15 is 0 Å².